The fraction of sp³-hybridized carbons (Fsp3) is 0.900. The Morgan fingerprint density at radius 1 is 1.54 bits per heavy atom. The van der Waals surface area contributed by atoms with Crippen molar-refractivity contribution in [1.82, 2.24) is 4.90 Å². The zero-order valence-electron chi connectivity index (χ0n) is 8.49. The summed E-state index contributed by atoms with van der Waals surface area (Å²) in [6, 6.07) is 0. The van der Waals surface area contributed by atoms with Gasteiger partial charge >= 0.3 is 0 Å². The van der Waals surface area contributed by atoms with E-state index in [1.165, 1.54) is 0 Å². The second kappa shape index (κ2) is 4.72. The molecule has 76 valence electrons. The van der Waals surface area contributed by atoms with Gasteiger partial charge in [0.1, 0.15) is 5.78 Å². The third kappa shape index (κ3) is 3.08. The first kappa shape index (κ1) is 10.7. The SMILES string of the molecule is CCN(C)CC1CCC(O)CC1=O. The van der Waals surface area contributed by atoms with Crippen LogP contribution in [0.4, 0.5) is 0 Å². The van der Waals surface area contributed by atoms with Crippen molar-refractivity contribution in [2.45, 2.75) is 32.3 Å². The normalized spacial score (nSPS) is 29.7. The van der Waals surface area contributed by atoms with Gasteiger partial charge in [-0.3, -0.25) is 4.79 Å². The van der Waals surface area contributed by atoms with Crippen LogP contribution >= 0.6 is 0 Å². The van der Waals surface area contributed by atoms with Gasteiger partial charge in [-0.25, -0.2) is 0 Å². The van der Waals surface area contributed by atoms with Gasteiger partial charge < -0.3 is 10.0 Å². The molecule has 1 fully saturated rings. The first-order valence-electron chi connectivity index (χ1n) is 5.02. The molecule has 0 spiro atoms. The van der Waals surface area contributed by atoms with Crippen molar-refractivity contribution in [2.75, 3.05) is 20.1 Å². The lowest BCUT2D eigenvalue weighted by Gasteiger charge is -2.27. The van der Waals surface area contributed by atoms with Gasteiger partial charge in [0, 0.05) is 18.9 Å². The Kier molecular flexibility index (Phi) is 3.88. The summed E-state index contributed by atoms with van der Waals surface area (Å²) in [6.45, 7) is 3.91. The number of hydrogen-bond acceptors (Lipinski definition) is 3. The summed E-state index contributed by atoms with van der Waals surface area (Å²) >= 11 is 0. The van der Waals surface area contributed by atoms with Gasteiger partial charge in [0.2, 0.25) is 0 Å². The van der Waals surface area contributed by atoms with Crippen molar-refractivity contribution in [3.05, 3.63) is 0 Å². The van der Waals surface area contributed by atoms with Crippen molar-refractivity contribution in [3.8, 4) is 0 Å². The van der Waals surface area contributed by atoms with Crippen LogP contribution in [0.25, 0.3) is 0 Å². The summed E-state index contributed by atoms with van der Waals surface area (Å²) < 4.78 is 0. The van der Waals surface area contributed by atoms with Crippen LogP contribution in [-0.2, 0) is 4.79 Å². The number of aliphatic hydroxyl groups excluding tert-OH is 1. The molecule has 0 saturated heterocycles. The zero-order valence-corrected chi connectivity index (χ0v) is 8.49. The molecule has 1 aliphatic rings. The maximum atomic E-state index is 11.5. The van der Waals surface area contributed by atoms with Crippen molar-refractivity contribution < 1.29 is 9.90 Å². The minimum atomic E-state index is -0.379. The van der Waals surface area contributed by atoms with E-state index in [1.54, 1.807) is 0 Å². The monoisotopic (exact) mass is 185 g/mol. The molecule has 3 nitrogen and oxygen atoms in total. The molecular formula is C10H19NO2. The molecule has 0 amide bonds. The molecule has 0 aliphatic heterocycles. The van der Waals surface area contributed by atoms with Gasteiger partial charge in [-0.05, 0) is 26.4 Å². The number of aliphatic hydroxyl groups is 1. The topological polar surface area (TPSA) is 40.5 Å². The summed E-state index contributed by atoms with van der Waals surface area (Å²) in [5.41, 5.74) is 0. The van der Waals surface area contributed by atoms with Crippen LogP contribution in [0, 0.1) is 5.92 Å². The van der Waals surface area contributed by atoms with Crippen LogP contribution < -0.4 is 0 Å². The van der Waals surface area contributed by atoms with E-state index in [1.807, 2.05) is 7.05 Å². The van der Waals surface area contributed by atoms with Crippen molar-refractivity contribution in [1.29, 1.82) is 0 Å². The molecule has 13 heavy (non-hydrogen) atoms. The summed E-state index contributed by atoms with van der Waals surface area (Å²) in [5, 5.41) is 9.25. The lowest BCUT2D eigenvalue weighted by molar-refractivity contribution is -0.128. The molecular weight excluding hydrogens is 166 g/mol. The van der Waals surface area contributed by atoms with E-state index in [0.29, 0.717) is 6.42 Å². The van der Waals surface area contributed by atoms with Crippen molar-refractivity contribution in [3.63, 3.8) is 0 Å². The highest BCUT2D eigenvalue weighted by Crippen LogP contribution is 2.21. The summed E-state index contributed by atoms with van der Waals surface area (Å²) in [5.74, 6) is 0.396. The molecule has 0 bridgehead atoms. The fourth-order valence-electron chi connectivity index (χ4n) is 1.75. The number of ketones is 1. The molecule has 3 heteroatoms. The molecule has 1 N–H and O–H groups in total. The maximum Gasteiger partial charge on any atom is 0.139 e. The Bertz CT molecular complexity index is 182. The number of Topliss-reactive ketones (excluding diaryl/α,β-unsaturated/α-hetero) is 1. The van der Waals surface area contributed by atoms with E-state index >= 15 is 0 Å². The van der Waals surface area contributed by atoms with Gasteiger partial charge in [0.05, 0.1) is 6.10 Å². The smallest absolute Gasteiger partial charge is 0.139 e. The molecule has 0 aromatic carbocycles. The van der Waals surface area contributed by atoms with Crippen LogP contribution in [0.5, 0.6) is 0 Å². The van der Waals surface area contributed by atoms with E-state index < -0.39 is 0 Å². The number of hydrogen-bond donors (Lipinski definition) is 1. The van der Waals surface area contributed by atoms with E-state index in [0.717, 1.165) is 25.9 Å². The highest BCUT2D eigenvalue weighted by Gasteiger charge is 2.27. The largest absolute Gasteiger partial charge is 0.393 e. The van der Waals surface area contributed by atoms with Crippen LogP contribution in [-0.4, -0.2) is 42.0 Å². The van der Waals surface area contributed by atoms with Crippen LogP contribution in [0.1, 0.15) is 26.2 Å². The highest BCUT2D eigenvalue weighted by atomic mass is 16.3. The Morgan fingerprint density at radius 3 is 2.77 bits per heavy atom. The Morgan fingerprint density at radius 2 is 2.23 bits per heavy atom. The first-order valence-corrected chi connectivity index (χ1v) is 5.02. The van der Waals surface area contributed by atoms with Crippen LogP contribution in [0.15, 0.2) is 0 Å². The van der Waals surface area contributed by atoms with E-state index in [4.69, 9.17) is 0 Å². The molecule has 1 saturated carbocycles. The van der Waals surface area contributed by atoms with E-state index in [9.17, 15) is 9.90 Å². The van der Waals surface area contributed by atoms with Gasteiger partial charge in [0.15, 0.2) is 0 Å². The minimum Gasteiger partial charge on any atom is -0.393 e. The third-order valence-electron chi connectivity index (χ3n) is 2.81. The van der Waals surface area contributed by atoms with Gasteiger partial charge in [0.25, 0.3) is 0 Å². The molecule has 0 heterocycles. The zero-order chi connectivity index (χ0) is 9.84. The van der Waals surface area contributed by atoms with E-state index in [2.05, 4.69) is 11.8 Å². The van der Waals surface area contributed by atoms with Gasteiger partial charge in [-0.2, -0.15) is 0 Å². The maximum absolute atomic E-state index is 11.5. The highest BCUT2D eigenvalue weighted by molar-refractivity contribution is 5.82. The number of carbonyl (C=O) groups excluding carboxylic acids is 1. The second-order valence-electron chi connectivity index (χ2n) is 3.95. The molecule has 0 radical (unpaired) electrons. The van der Waals surface area contributed by atoms with Crippen molar-refractivity contribution in [2.24, 2.45) is 5.92 Å². The van der Waals surface area contributed by atoms with Crippen LogP contribution in [0.3, 0.4) is 0 Å². The van der Waals surface area contributed by atoms with Gasteiger partial charge in [-0.1, -0.05) is 6.92 Å². The number of rotatable bonds is 3. The molecule has 1 rings (SSSR count). The Balaban J connectivity index is 2.38. The lowest BCUT2D eigenvalue weighted by atomic mass is 9.86. The van der Waals surface area contributed by atoms with Crippen LogP contribution in [0.2, 0.25) is 0 Å². The predicted octanol–water partition coefficient (Wildman–Crippen LogP) is 0.668. The molecule has 2 atom stereocenters. The van der Waals surface area contributed by atoms with Gasteiger partial charge in [-0.15, -0.1) is 0 Å². The van der Waals surface area contributed by atoms with Crippen molar-refractivity contribution >= 4 is 5.78 Å². The molecule has 0 aromatic heterocycles. The second-order valence-corrected chi connectivity index (χ2v) is 3.95. The summed E-state index contributed by atoms with van der Waals surface area (Å²) in [4.78, 5) is 13.6. The van der Waals surface area contributed by atoms with E-state index in [-0.39, 0.29) is 17.8 Å². The average Bonchev–Trinajstić information content (AvgIpc) is 2.09. The summed E-state index contributed by atoms with van der Waals surface area (Å²) in [7, 11) is 2.03. The lowest BCUT2D eigenvalue weighted by Crippen LogP contribution is -2.35. The summed E-state index contributed by atoms with van der Waals surface area (Å²) in [6.07, 6.45) is 1.62. The molecule has 2 unspecified atom stereocenters. The minimum absolute atomic E-state index is 0.161. The molecule has 0 aromatic rings. The number of nitrogens with zero attached hydrogens (tertiary/aromatic N) is 1. The number of carbonyl (C=O) groups is 1. The standard InChI is InChI=1S/C10H19NO2/c1-3-11(2)7-8-4-5-9(12)6-10(8)13/h8-9,12H,3-7H2,1-2H3. The molecule has 1 aliphatic carbocycles. The first-order chi connectivity index (χ1) is 6.13. The Labute approximate surface area is 79.7 Å². The third-order valence-corrected chi connectivity index (χ3v) is 2.81. The fourth-order valence-corrected chi connectivity index (χ4v) is 1.75. The quantitative estimate of drug-likeness (QED) is 0.702. The predicted molar refractivity (Wildman–Crippen MR) is 51.5 cm³/mol. The average molecular weight is 185 g/mol. The Hall–Kier alpha value is -0.410.